The fourth-order valence-corrected chi connectivity index (χ4v) is 2.31. The van der Waals surface area contributed by atoms with Crippen LogP contribution in [0.5, 0.6) is 11.5 Å². The van der Waals surface area contributed by atoms with E-state index in [0.29, 0.717) is 0 Å². The quantitative estimate of drug-likeness (QED) is 0.824. The molecule has 0 amide bonds. The van der Waals surface area contributed by atoms with Crippen molar-refractivity contribution in [2.75, 3.05) is 20.8 Å². The van der Waals surface area contributed by atoms with Crippen LogP contribution in [-0.2, 0) is 6.42 Å². The normalized spacial score (nSPS) is 11.4. The van der Waals surface area contributed by atoms with E-state index in [-0.39, 0.29) is 6.61 Å². The van der Waals surface area contributed by atoms with E-state index >= 15 is 0 Å². The zero-order chi connectivity index (χ0) is 15.9. The molecule has 0 bridgehead atoms. The molecule has 0 unspecified atom stereocenters. The number of methoxy groups -OCH3 is 2. The molecule has 22 heavy (non-hydrogen) atoms. The molecule has 0 fully saturated rings. The first-order valence-corrected chi connectivity index (χ1v) is 7.34. The van der Waals surface area contributed by atoms with Crippen LogP contribution >= 0.6 is 0 Å². The highest BCUT2D eigenvalue weighted by molar-refractivity contribution is 5.83. The average molecular weight is 298 g/mol. The summed E-state index contributed by atoms with van der Waals surface area (Å²) in [5.74, 6) is 1.62. The van der Waals surface area contributed by atoms with Crippen LogP contribution in [0.4, 0.5) is 0 Å². The molecule has 0 aliphatic carbocycles. The summed E-state index contributed by atoms with van der Waals surface area (Å²) in [7, 11) is 3.30. The molecular formula is C19H22O3. The molecule has 0 spiro atoms. The van der Waals surface area contributed by atoms with Gasteiger partial charge in [0, 0.05) is 5.56 Å². The highest BCUT2D eigenvalue weighted by Crippen LogP contribution is 2.27. The molecule has 0 atom stereocenters. The highest BCUT2D eigenvalue weighted by Gasteiger charge is 2.06. The first-order valence-electron chi connectivity index (χ1n) is 7.34. The van der Waals surface area contributed by atoms with Gasteiger partial charge in [-0.2, -0.15) is 0 Å². The molecule has 3 nitrogen and oxygen atoms in total. The van der Waals surface area contributed by atoms with E-state index in [0.717, 1.165) is 34.6 Å². The second-order valence-electron chi connectivity index (χ2n) is 4.99. The number of aryl methyl sites for hydroxylation is 1. The molecule has 3 heteroatoms. The summed E-state index contributed by atoms with van der Waals surface area (Å²) >= 11 is 0. The molecule has 2 rings (SSSR count). The van der Waals surface area contributed by atoms with Gasteiger partial charge in [0.15, 0.2) is 0 Å². The molecule has 116 valence electrons. The summed E-state index contributed by atoms with van der Waals surface area (Å²) in [6, 6.07) is 13.8. The van der Waals surface area contributed by atoms with Crippen molar-refractivity contribution in [1.29, 1.82) is 0 Å². The molecule has 1 N–H and O–H groups in total. The van der Waals surface area contributed by atoms with Crippen molar-refractivity contribution in [1.82, 2.24) is 0 Å². The number of aliphatic hydroxyl groups is 1. The number of hydrogen-bond donors (Lipinski definition) is 1. The number of hydrogen-bond acceptors (Lipinski definition) is 3. The number of ether oxygens (including phenoxy) is 2. The Labute approximate surface area is 131 Å². The van der Waals surface area contributed by atoms with Gasteiger partial charge >= 0.3 is 0 Å². The maximum Gasteiger partial charge on any atom is 0.126 e. The van der Waals surface area contributed by atoms with Crippen LogP contribution in [0, 0.1) is 0 Å². The van der Waals surface area contributed by atoms with E-state index in [9.17, 15) is 5.11 Å². The maximum absolute atomic E-state index is 9.69. The van der Waals surface area contributed by atoms with Gasteiger partial charge in [0.1, 0.15) is 11.5 Å². The molecule has 2 aromatic carbocycles. The van der Waals surface area contributed by atoms with Gasteiger partial charge in [-0.05, 0) is 47.4 Å². The summed E-state index contributed by atoms with van der Waals surface area (Å²) in [4.78, 5) is 0. The van der Waals surface area contributed by atoms with Crippen LogP contribution in [0.15, 0.2) is 42.5 Å². The van der Waals surface area contributed by atoms with Gasteiger partial charge in [-0.3, -0.25) is 0 Å². The first kappa shape index (κ1) is 16.1. The van der Waals surface area contributed by atoms with E-state index in [4.69, 9.17) is 9.47 Å². The Hall–Kier alpha value is -2.26. The summed E-state index contributed by atoms with van der Waals surface area (Å²) in [6.07, 6.45) is 2.92. The minimum absolute atomic E-state index is 0.0367. The van der Waals surface area contributed by atoms with Crippen LogP contribution in [0.25, 0.3) is 11.6 Å². The van der Waals surface area contributed by atoms with Crippen LogP contribution in [0.1, 0.15) is 23.6 Å². The van der Waals surface area contributed by atoms with E-state index in [1.165, 1.54) is 5.56 Å². The summed E-state index contributed by atoms with van der Waals surface area (Å²) in [5, 5.41) is 9.69. The average Bonchev–Trinajstić information content (AvgIpc) is 2.59. The summed E-state index contributed by atoms with van der Waals surface area (Å²) in [6.45, 7) is 2.08. The van der Waals surface area contributed by atoms with Crippen molar-refractivity contribution in [2.24, 2.45) is 0 Å². The topological polar surface area (TPSA) is 38.7 Å². The lowest BCUT2D eigenvalue weighted by Crippen LogP contribution is -1.94. The van der Waals surface area contributed by atoms with Gasteiger partial charge in [-0.25, -0.2) is 0 Å². The predicted octanol–water partition coefficient (Wildman–Crippen LogP) is 3.80. The largest absolute Gasteiger partial charge is 0.497 e. The van der Waals surface area contributed by atoms with E-state index < -0.39 is 0 Å². The molecule has 0 aromatic heterocycles. The highest BCUT2D eigenvalue weighted by atomic mass is 16.5. The first-order chi connectivity index (χ1) is 10.7. The van der Waals surface area contributed by atoms with Crippen molar-refractivity contribution in [2.45, 2.75) is 13.3 Å². The molecule has 0 aliphatic heterocycles. The lowest BCUT2D eigenvalue weighted by molar-refractivity contribution is 0.350. The molecule has 0 radical (unpaired) electrons. The van der Waals surface area contributed by atoms with Gasteiger partial charge in [0.2, 0.25) is 0 Å². The standard InChI is InChI=1S/C19H22O3/c1-4-14-5-6-16(19(11-14)22-3)12-17(13-20)15-7-9-18(21-2)10-8-15/h5-12,20H,4,13H2,1-3H3/b17-12+. The van der Waals surface area contributed by atoms with Crippen molar-refractivity contribution < 1.29 is 14.6 Å². The van der Waals surface area contributed by atoms with Crippen molar-refractivity contribution in [3.8, 4) is 11.5 Å². The van der Waals surface area contributed by atoms with Gasteiger partial charge in [0.05, 0.1) is 20.8 Å². The molecule has 0 saturated carbocycles. The Balaban J connectivity index is 2.39. The second-order valence-corrected chi connectivity index (χ2v) is 4.99. The maximum atomic E-state index is 9.69. The molecule has 0 saturated heterocycles. The van der Waals surface area contributed by atoms with Crippen LogP contribution in [0.3, 0.4) is 0 Å². The fourth-order valence-electron chi connectivity index (χ4n) is 2.31. The van der Waals surface area contributed by atoms with Crippen LogP contribution in [0.2, 0.25) is 0 Å². The summed E-state index contributed by atoms with van der Waals surface area (Å²) < 4.78 is 10.6. The van der Waals surface area contributed by atoms with Crippen molar-refractivity contribution >= 4 is 11.6 Å². The molecule has 0 heterocycles. The number of benzene rings is 2. The number of aliphatic hydroxyl groups excluding tert-OH is 1. The Morgan fingerprint density at radius 3 is 2.32 bits per heavy atom. The van der Waals surface area contributed by atoms with E-state index in [1.807, 2.05) is 42.5 Å². The van der Waals surface area contributed by atoms with Gasteiger partial charge in [-0.15, -0.1) is 0 Å². The zero-order valence-electron chi connectivity index (χ0n) is 13.3. The van der Waals surface area contributed by atoms with Crippen molar-refractivity contribution in [3.63, 3.8) is 0 Å². The molecule has 2 aromatic rings. The van der Waals surface area contributed by atoms with Gasteiger partial charge in [-0.1, -0.05) is 31.2 Å². The zero-order valence-corrected chi connectivity index (χ0v) is 13.3. The lowest BCUT2D eigenvalue weighted by atomic mass is 10.0. The van der Waals surface area contributed by atoms with E-state index in [1.54, 1.807) is 14.2 Å². The van der Waals surface area contributed by atoms with Gasteiger partial charge < -0.3 is 14.6 Å². The predicted molar refractivity (Wildman–Crippen MR) is 90.3 cm³/mol. The lowest BCUT2D eigenvalue weighted by Gasteiger charge is -2.10. The van der Waals surface area contributed by atoms with E-state index in [2.05, 4.69) is 13.0 Å². The minimum Gasteiger partial charge on any atom is -0.497 e. The van der Waals surface area contributed by atoms with Crippen LogP contribution < -0.4 is 9.47 Å². The smallest absolute Gasteiger partial charge is 0.126 e. The fraction of sp³-hybridized carbons (Fsp3) is 0.263. The second kappa shape index (κ2) is 7.66. The van der Waals surface area contributed by atoms with Crippen LogP contribution in [-0.4, -0.2) is 25.9 Å². The van der Waals surface area contributed by atoms with Gasteiger partial charge in [0.25, 0.3) is 0 Å². The Bertz CT molecular complexity index is 642. The molecule has 0 aliphatic rings. The Morgan fingerprint density at radius 2 is 1.77 bits per heavy atom. The van der Waals surface area contributed by atoms with Crippen molar-refractivity contribution in [3.05, 3.63) is 59.2 Å². The third-order valence-corrected chi connectivity index (χ3v) is 3.67. The molecular weight excluding hydrogens is 276 g/mol. The number of rotatable bonds is 6. The third-order valence-electron chi connectivity index (χ3n) is 3.67. The monoisotopic (exact) mass is 298 g/mol. The minimum atomic E-state index is -0.0367. The summed E-state index contributed by atoms with van der Waals surface area (Å²) in [5.41, 5.74) is 3.98. The Morgan fingerprint density at radius 1 is 1.05 bits per heavy atom. The SMILES string of the molecule is CCc1ccc(/C=C(\CO)c2ccc(OC)cc2)c(OC)c1. The Kier molecular flexibility index (Phi) is 5.61. The third kappa shape index (κ3) is 3.68.